The first-order valence-electron chi connectivity index (χ1n) is 9.22. The molecule has 0 spiro atoms. The van der Waals surface area contributed by atoms with Crippen LogP contribution >= 0.6 is 0 Å². The minimum atomic E-state index is -0.426. The van der Waals surface area contributed by atoms with Crippen LogP contribution in [0.5, 0.6) is 0 Å². The number of carbonyl (C=O) groups excluding carboxylic acids is 2. The first-order chi connectivity index (χ1) is 14.0. The van der Waals surface area contributed by atoms with Crippen molar-refractivity contribution in [2.45, 2.75) is 6.92 Å². The van der Waals surface area contributed by atoms with Crippen molar-refractivity contribution in [2.75, 3.05) is 16.8 Å². The first kappa shape index (κ1) is 18.6. The largest absolute Gasteiger partial charge is 0.339 e. The fraction of sp³-hybridized carbons (Fsp3) is 0.0833. The maximum absolute atomic E-state index is 13.5. The summed E-state index contributed by atoms with van der Waals surface area (Å²) in [5.74, 6) is -1.24. The van der Waals surface area contributed by atoms with Crippen molar-refractivity contribution < 1.29 is 14.0 Å². The van der Waals surface area contributed by atoms with Crippen molar-refractivity contribution in [1.82, 2.24) is 0 Å². The quantitative estimate of drug-likeness (QED) is 0.618. The highest BCUT2D eigenvalue weighted by Gasteiger charge is 2.42. The van der Waals surface area contributed by atoms with Crippen LogP contribution in [0, 0.1) is 12.7 Å². The molecule has 0 aromatic heterocycles. The van der Waals surface area contributed by atoms with Crippen molar-refractivity contribution in [3.8, 4) is 0 Å². The first-order valence-corrected chi connectivity index (χ1v) is 9.22. The summed E-state index contributed by atoms with van der Waals surface area (Å²) in [6.45, 7) is 1.90. The molecule has 1 aliphatic rings. The Bertz CT molecular complexity index is 1120. The molecule has 5 heteroatoms. The van der Waals surface area contributed by atoms with Gasteiger partial charge in [0.15, 0.2) is 0 Å². The number of rotatable bonds is 4. The van der Waals surface area contributed by atoms with Gasteiger partial charge in [-0.1, -0.05) is 42.5 Å². The third kappa shape index (κ3) is 3.31. The molecular formula is C24H19FN2O2. The zero-order valence-corrected chi connectivity index (χ0v) is 16.1. The van der Waals surface area contributed by atoms with Crippen LogP contribution in [-0.2, 0) is 9.59 Å². The van der Waals surface area contributed by atoms with Crippen LogP contribution in [0.15, 0.2) is 84.6 Å². The number of hydrogen-bond donors (Lipinski definition) is 0. The molecule has 1 aliphatic heterocycles. The van der Waals surface area contributed by atoms with Crippen molar-refractivity contribution in [2.24, 2.45) is 0 Å². The topological polar surface area (TPSA) is 40.6 Å². The SMILES string of the molecule is Cc1cccc(N2C(=O)C(c3ccc(F)cc3)=C(N(C)c3ccccc3)C2=O)c1. The zero-order chi connectivity index (χ0) is 20.5. The van der Waals surface area contributed by atoms with Gasteiger partial charge in [-0.25, -0.2) is 9.29 Å². The summed E-state index contributed by atoms with van der Waals surface area (Å²) in [5, 5.41) is 0. The number of likely N-dealkylation sites (N-methyl/N-ethyl adjacent to an activating group) is 1. The number of para-hydroxylation sites is 1. The summed E-state index contributed by atoms with van der Waals surface area (Å²) in [6, 6.07) is 22.2. The second-order valence-corrected chi connectivity index (χ2v) is 6.91. The Hall–Kier alpha value is -3.73. The van der Waals surface area contributed by atoms with E-state index in [9.17, 15) is 14.0 Å². The molecular weight excluding hydrogens is 367 g/mol. The van der Waals surface area contributed by atoms with Crippen LogP contribution in [0.3, 0.4) is 0 Å². The Morgan fingerprint density at radius 2 is 1.52 bits per heavy atom. The molecule has 0 saturated carbocycles. The molecule has 4 rings (SSSR count). The summed E-state index contributed by atoms with van der Waals surface area (Å²) >= 11 is 0. The van der Waals surface area contributed by atoms with Crippen LogP contribution in [0.4, 0.5) is 15.8 Å². The van der Waals surface area contributed by atoms with E-state index in [-0.39, 0.29) is 11.3 Å². The van der Waals surface area contributed by atoms with E-state index in [2.05, 4.69) is 0 Å². The molecule has 0 fully saturated rings. The fourth-order valence-corrected chi connectivity index (χ4v) is 3.49. The maximum Gasteiger partial charge on any atom is 0.282 e. The number of aryl methyl sites for hydroxylation is 1. The molecule has 29 heavy (non-hydrogen) atoms. The van der Waals surface area contributed by atoms with Crippen LogP contribution in [0.1, 0.15) is 11.1 Å². The van der Waals surface area contributed by atoms with Gasteiger partial charge in [-0.05, 0) is 54.4 Å². The van der Waals surface area contributed by atoms with Crippen LogP contribution in [0.2, 0.25) is 0 Å². The Balaban J connectivity index is 1.88. The molecule has 144 valence electrons. The van der Waals surface area contributed by atoms with Gasteiger partial charge >= 0.3 is 0 Å². The van der Waals surface area contributed by atoms with Crippen LogP contribution < -0.4 is 9.80 Å². The molecule has 0 radical (unpaired) electrons. The van der Waals surface area contributed by atoms with Crippen molar-refractivity contribution in [3.05, 3.63) is 102 Å². The number of halogens is 1. The van der Waals surface area contributed by atoms with Crippen molar-refractivity contribution in [1.29, 1.82) is 0 Å². The predicted molar refractivity (Wildman–Crippen MR) is 112 cm³/mol. The minimum absolute atomic E-state index is 0.253. The van der Waals surface area contributed by atoms with E-state index >= 15 is 0 Å². The summed E-state index contributed by atoms with van der Waals surface area (Å²) < 4.78 is 13.5. The number of benzene rings is 3. The number of hydrogen-bond acceptors (Lipinski definition) is 3. The number of anilines is 2. The van der Waals surface area contributed by atoms with E-state index in [1.54, 1.807) is 24.1 Å². The van der Waals surface area contributed by atoms with Gasteiger partial charge in [0.25, 0.3) is 11.8 Å². The van der Waals surface area contributed by atoms with Gasteiger partial charge in [-0.15, -0.1) is 0 Å². The molecule has 0 bridgehead atoms. The predicted octanol–water partition coefficient (Wildman–Crippen LogP) is 4.56. The number of amides is 2. The van der Waals surface area contributed by atoms with Crippen LogP contribution in [0.25, 0.3) is 5.57 Å². The molecule has 3 aromatic carbocycles. The molecule has 4 nitrogen and oxygen atoms in total. The van der Waals surface area contributed by atoms with Gasteiger partial charge in [-0.2, -0.15) is 0 Å². The molecule has 0 N–H and O–H groups in total. The Labute approximate surface area is 168 Å². The normalized spacial score (nSPS) is 14.0. The van der Waals surface area contributed by atoms with E-state index in [4.69, 9.17) is 0 Å². The number of nitrogens with zero attached hydrogens (tertiary/aromatic N) is 2. The zero-order valence-electron chi connectivity index (χ0n) is 16.1. The van der Waals surface area contributed by atoms with Gasteiger partial charge in [-0.3, -0.25) is 9.59 Å². The number of carbonyl (C=O) groups is 2. The molecule has 3 aromatic rings. The maximum atomic E-state index is 13.5. The summed E-state index contributed by atoms with van der Waals surface area (Å²) in [5.41, 5.74) is 3.23. The van der Waals surface area contributed by atoms with Crippen LogP contribution in [-0.4, -0.2) is 18.9 Å². The molecule has 0 unspecified atom stereocenters. The van der Waals surface area contributed by atoms with E-state index in [0.29, 0.717) is 11.3 Å². The van der Waals surface area contributed by atoms with Crippen molar-refractivity contribution >= 4 is 28.8 Å². The average molecular weight is 386 g/mol. The molecule has 2 amide bonds. The van der Waals surface area contributed by atoms with Gasteiger partial charge in [0, 0.05) is 12.7 Å². The lowest BCUT2D eigenvalue weighted by atomic mass is 10.0. The summed E-state index contributed by atoms with van der Waals surface area (Å²) in [4.78, 5) is 29.7. The van der Waals surface area contributed by atoms with Crippen molar-refractivity contribution in [3.63, 3.8) is 0 Å². The second kappa shape index (κ2) is 7.36. The Morgan fingerprint density at radius 1 is 0.828 bits per heavy atom. The van der Waals surface area contributed by atoms with Gasteiger partial charge in [0.05, 0.1) is 11.3 Å². The highest BCUT2D eigenvalue weighted by Crippen LogP contribution is 2.36. The highest BCUT2D eigenvalue weighted by atomic mass is 19.1. The molecule has 0 aliphatic carbocycles. The standard InChI is InChI=1S/C24H19FN2O2/c1-16-7-6-10-20(15-16)27-23(28)21(17-11-13-18(25)14-12-17)22(24(27)29)26(2)19-8-4-3-5-9-19/h3-15H,1-2H3. The number of imide groups is 1. The third-order valence-electron chi connectivity index (χ3n) is 4.93. The highest BCUT2D eigenvalue weighted by molar-refractivity contribution is 6.46. The average Bonchev–Trinajstić information content (AvgIpc) is 2.99. The summed E-state index contributed by atoms with van der Waals surface area (Å²) in [7, 11) is 1.75. The monoisotopic (exact) mass is 386 g/mol. The van der Waals surface area contributed by atoms with E-state index in [1.165, 1.54) is 29.2 Å². The van der Waals surface area contributed by atoms with Gasteiger partial charge < -0.3 is 4.90 Å². The smallest absolute Gasteiger partial charge is 0.282 e. The lowest BCUT2D eigenvalue weighted by molar-refractivity contribution is -0.120. The molecule has 1 heterocycles. The molecule has 0 saturated heterocycles. The lowest BCUT2D eigenvalue weighted by Gasteiger charge is -2.21. The van der Waals surface area contributed by atoms with Gasteiger partial charge in [0.2, 0.25) is 0 Å². The second-order valence-electron chi connectivity index (χ2n) is 6.91. The Morgan fingerprint density at radius 3 is 2.17 bits per heavy atom. The fourth-order valence-electron chi connectivity index (χ4n) is 3.49. The molecule has 0 atom stereocenters. The lowest BCUT2D eigenvalue weighted by Crippen LogP contribution is -2.34. The van der Waals surface area contributed by atoms with E-state index in [0.717, 1.165) is 11.3 Å². The van der Waals surface area contributed by atoms with E-state index in [1.807, 2.05) is 49.4 Å². The Kier molecular flexibility index (Phi) is 4.72. The van der Waals surface area contributed by atoms with Gasteiger partial charge in [0.1, 0.15) is 11.5 Å². The van der Waals surface area contributed by atoms with E-state index < -0.39 is 17.6 Å². The third-order valence-corrected chi connectivity index (χ3v) is 4.93. The minimum Gasteiger partial charge on any atom is -0.339 e. The summed E-state index contributed by atoms with van der Waals surface area (Å²) in [6.07, 6.45) is 0.